The Morgan fingerprint density at radius 1 is 1.17 bits per heavy atom. The predicted octanol–water partition coefficient (Wildman–Crippen LogP) is 5.84. The second-order valence-corrected chi connectivity index (χ2v) is 16.3. The maximum Gasteiger partial charge on any atom is 0.350 e. The van der Waals surface area contributed by atoms with Crippen molar-refractivity contribution < 1.29 is 29.0 Å². The monoisotopic (exact) mass is 736 g/mol. The zero-order chi connectivity index (χ0) is 38.2. The third kappa shape index (κ3) is 6.80. The average molecular weight is 737 g/mol. The van der Waals surface area contributed by atoms with E-state index in [1.54, 1.807) is 12.1 Å². The highest BCUT2D eigenvalue weighted by atomic mass is 16.7. The van der Waals surface area contributed by atoms with Crippen LogP contribution in [0.2, 0.25) is 0 Å². The standard InChI is InChI=1S/C44H56N4O6/c1-6-46-36-22-30-11-8-7-10-29(30)21-32(36)25-53-42(52)44-40(51)38-31(20-26(2)3)12-9-13-35(38)39(50)43(44,54-44)23-33(24-49)27(4)14-15-28-18-19-47-41-34(28)16-17-37(45-5)48-41/h8-9,11-13,18-19,22,26,29,32,36-37,45-46,49H,6-7,10,14-17,20-21,23-25H2,1-5H3,(H,47,48)/b33-27-/t29-,32-,36+,37+,43-,44-/m0/s1. The minimum Gasteiger partial charge on any atom is -0.463 e. The number of nitrogens with zero attached hydrogens (tertiary/aromatic N) is 1. The lowest BCUT2D eigenvalue weighted by molar-refractivity contribution is -0.150. The lowest BCUT2D eigenvalue weighted by atomic mass is 9.69. The van der Waals surface area contributed by atoms with Gasteiger partial charge in [0.05, 0.1) is 19.4 Å². The number of ketones is 2. The lowest BCUT2D eigenvalue weighted by Crippen LogP contribution is -2.52. The van der Waals surface area contributed by atoms with Crippen molar-refractivity contribution in [3.05, 3.63) is 93.2 Å². The SMILES string of the molecule is CCN[C@@H]1C=C2C=CCC[C@H]2C[C@H]1COC(=O)[C@]12O[C@@]1(C/C(CO)=C(\C)CCc1ccnc3c1CC[C@H](NC)N3)C(=O)c1cccc(CC(C)C)c1C2=O. The number of nitrogens with one attached hydrogen (secondary N) is 3. The van der Waals surface area contributed by atoms with Crippen LogP contribution in [-0.2, 0) is 33.5 Å². The summed E-state index contributed by atoms with van der Waals surface area (Å²) in [5, 5.41) is 21.1. The van der Waals surface area contributed by atoms with Gasteiger partial charge in [-0.2, -0.15) is 0 Å². The number of aliphatic hydroxyl groups excluding tert-OH is 1. The first-order valence-electron chi connectivity index (χ1n) is 20.0. The highest BCUT2D eigenvalue weighted by Gasteiger charge is 2.85. The van der Waals surface area contributed by atoms with E-state index in [9.17, 15) is 19.5 Å². The van der Waals surface area contributed by atoms with Gasteiger partial charge in [0.25, 0.3) is 5.60 Å². The molecule has 0 amide bonds. The number of pyridine rings is 1. The number of hydrogen-bond donors (Lipinski definition) is 4. The number of likely N-dealkylation sites (N-methyl/N-ethyl adjacent to an activating group) is 1. The topological polar surface area (TPSA) is 142 Å². The number of carbonyl (C=O) groups is 3. The van der Waals surface area contributed by atoms with E-state index in [4.69, 9.17) is 9.47 Å². The van der Waals surface area contributed by atoms with Crippen LogP contribution in [0.4, 0.5) is 5.82 Å². The number of carbonyl (C=O) groups excluding carboxylic acids is 3. The second kappa shape index (κ2) is 15.6. The van der Waals surface area contributed by atoms with E-state index in [-0.39, 0.29) is 54.8 Å². The van der Waals surface area contributed by atoms with Crippen LogP contribution in [0.25, 0.3) is 0 Å². The summed E-state index contributed by atoms with van der Waals surface area (Å²) in [6.07, 6.45) is 15.3. The van der Waals surface area contributed by atoms with Crippen LogP contribution in [-0.4, -0.2) is 77.8 Å². The van der Waals surface area contributed by atoms with Crippen molar-refractivity contribution in [2.45, 2.75) is 109 Å². The van der Waals surface area contributed by atoms with Crippen molar-refractivity contribution in [1.82, 2.24) is 15.6 Å². The summed E-state index contributed by atoms with van der Waals surface area (Å²) < 4.78 is 12.5. The van der Waals surface area contributed by atoms with Gasteiger partial charge in [0.2, 0.25) is 5.78 Å². The van der Waals surface area contributed by atoms with Crippen LogP contribution in [0.3, 0.4) is 0 Å². The minimum atomic E-state index is -2.11. The van der Waals surface area contributed by atoms with Crippen molar-refractivity contribution in [2.75, 3.05) is 32.1 Å². The van der Waals surface area contributed by atoms with E-state index in [0.717, 1.165) is 55.6 Å². The van der Waals surface area contributed by atoms with Crippen molar-refractivity contribution in [1.29, 1.82) is 0 Å². The fourth-order valence-electron chi connectivity index (χ4n) is 9.36. The van der Waals surface area contributed by atoms with E-state index in [0.29, 0.717) is 30.8 Å². The summed E-state index contributed by atoms with van der Waals surface area (Å²) in [5.74, 6) is -0.239. The van der Waals surface area contributed by atoms with Crippen LogP contribution in [0.5, 0.6) is 0 Å². The molecule has 0 saturated carbocycles. The molecule has 0 unspecified atom stereocenters. The summed E-state index contributed by atoms with van der Waals surface area (Å²) in [7, 11) is 1.93. The number of ether oxygens (including phenoxy) is 2. The Kier molecular flexibility index (Phi) is 11.1. The molecule has 5 aliphatic rings. The Labute approximate surface area is 319 Å². The molecule has 0 radical (unpaired) electrons. The van der Waals surface area contributed by atoms with Gasteiger partial charge in [0, 0.05) is 35.7 Å². The maximum atomic E-state index is 14.8. The molecule has 7 rings (SSSR count). The molecular weight excluding hydrogens is 681 g/mol. The average Bonchev–Trinajstić information content (AvgIpc) is 3.88. The van der Waals surface area contributed by atoms with Crippen molar-refractivity contribution in [3.8, 4) is 0 Å². The maximum absolute atomic E-state index is 14.8. The summed E-state index contributed by atoms with van der Waals surface area (Å²) in [5.41, 5.74) is 2.53. The first kappa shape index (κ1) is 38.3. The van der Waals surface area contributed by atoms with Gasteiger partial charge in [0.1, 0.15) is 5.82 Å². The fourth-order valence-corrected chi connectivity index (χ4v) is 9.36. The molecule has 3 heterocycles. The zero-order valence-corrected chi connectivity index (χ0v) is 32.4. The highest BCUT2D eigenvalue weighted by Crippen LogP contribution is 2.60. The van der Waals surface area contributed by atoms with Gasteiger partial charge < -0.3 is 30.5 Å². The first-order valence-corrected chi connectivity index (χ1v) is 20.0. The number of aryl methyl sites for hydroxylation is 1. The molecule has 1 fully saturated rings. The number of rotatable bonds is 14. The third-order valence-corrected chi connectivity index (χ3v) is 12.4. The quantitative estimate of drug-likeness (QED) is 0.0810. The lowest BCUT2D eigenvalue weighted by Gasteiger charge is -2.36. The molecule has 1 aromatic heterocycles. The van der Waals surface area contributed by atoms with E-state index in [1.807, 2.05) is 32.3 Å². The van der Waals surface area contributed by atoms with Gasteiger partial charge in [-0.25, -0.2) is 9.78 Å². The Hall–Kier alpha value is -3.96. The van der Waals surface area contributed by atoms with E-state index in [1.165, 1.54) is 16.7 Å². The second-order valence-electron chi connectivity index (χ2n) is 16.3. The first-order chi connectivity index (χ1) is 26.1. The third-order valence-electron chi connectivity index (χ3n) is 12.4. The molecule has 0 spiro atoms. The van der Waals surface area contributed by atoms with Gasteiger partial charge >= 0.3 is 5.97 Å². The highest BCUT2D eigenvalue weighted by molar-refractivity contribution is 6.33. The van der Waals surface area contributed by atoms with Gasteiger partial charge in [-0.3, -0.25) is 9.59 Å². The molecule has 3 aliphatic carbocycles. The minimum absolute atomic E-state index is 0.00489. The Morgan fingerprint density at radius 3 is 2.76 bits per heavy atom. The van der Waals surface area contributed by atoms with Gasteiger partial charge in [-0.05, 0) is 118 Å². The molecule has 288 valence electrons. The van der Waals surface area contributed by atoms with E-state index < -0.39 is 28.7 Å². The molecular formula is C44H56N4O6. The normalized spacial score (nSPS) is 28.6. The number of allylic oxidation sites excluding steroid dienone is 4. The van der Waals surface area contributed by atoms with Crippen LogP contribution in [0.15, 0.2) is 65.4 Å². The summed E-state index contributed by atoms with van der Waals surface area (Å²) in [6.45, 7) is 8.65. The fraction of sp³-hybridized carbons (Fsp3) is 0.545. The van der Waals surface area contributed by atoms with E-state index >= 15 is 0 Å². The number of aromatic nitrogens is 1. The van der Waals surface area contributed by atoms with E-state index in [2.05, 4.69) is 59.9 Å². The number of Topliss-reactive ketones (excluding diaryl/α,β-unsaturated/α-hetero) is 2. The molecule has 10 heteroatoms. The number of benzene rings is 1. The number of anilines is 1. The van der Waals surface area contributed by atoms with Gasteiger partial charge in [-0.15, -0.1) is 0 Å². The van der Waals surface area contributed by atoms with Gasteiger partial charge in [-0.1, -0.05) is 62.8 Å². The smallest absolute Gasteiger partial charge is 0.350 e. The molecule has 6 atom stereocenters. The Balaban J connectivity index is 1.18. The number of hydrogen-bond acceptors (Lipinski definition) is 10. The molecule has 0 bridgehead atoms. The van der Waals surface area contributed by atoms with Crippen LogP contribution < -0.4 is 16.0 Å². The molecule has 4 N–H and O–H groups in total. The Morgan fingerprint density at radius 2 is 2.00 bits per heavy atom. The largest absolute Gasteiger partial charge is 0.463 e. The van der Waals surface area contributed by atoms with Gasteiger partial charge in [0.15, 0.2) is 11.4 Å². The molecule has 1 saturated heterocycles. The number of epoxide rings is 1. The molecule has 10 nitrogen and oxygen atoms in total. The summed E-state index contributed by atoms with van der Waals surface area (Å²) in [4.78, 5) is 48.6. The molecule has 2 aliphatic heterocycles. The van der Waals surface area contributed by atoms with Crippen LogP contribution in [0.1, 0.15) is 104 Å². The molecule has 2 aromatic rings. The predicted molar refractivity (Wildman–Crippen MR) is 208 cm³/mol. The van der Waals surface area contributed by atoms with Crippen LogP contribution in [0, 0.1) is 17.8 Å². The summed E-state index contributed by atoms with van der Waals surface area (Å²) in [6, 6.07) is 7.38. The van der Waals surface area contributed by atoms with Crippen molar-refractivity contribution in [2.24, 2.45) is 17.8 Å². The molecule has 1 aromatic carbocycles. The molecule has 54 heavy (non-hydrogen) atoms. The summed E-state index contributed by atoms with van der Waals surface area (Å²) >= 11 is 0. The number of esters is 1. The number of fused-ring (bicyclic) bond motifs is 4. The van der Waals surface area contributed by atoms with Crippen LogP contribution >= 0.6 is 0 Å². The van der Waals surface area contributed by atoms with Crippen molar-refractivity contribution in [3.63, 3.8) is 0 Å². The zero-order valence-electron chi connectivity index (χ0n) is 32.4. The number of aliphatic hydroxyl groups is 1. The Bertz CT molecular complexity index is 1900. The van der Waals surface area contributed by atoms with Crippen molar-refractivity contribution >= 4 is 23.4 Å².